The molecule has 0 rings (SSSR count). The van der Waals surface area contributed by atoms with E-state index < -0.39 is 0 Å². The molecule has 1 N–H and O–H groups in total. The number of aliphatic hydroxyl groups is 1. The highest BCUT2D eigenvalue weighted by atomic mass is 16.2. The summed E-state index contributed by atoms with van der Waals surface area (Å²) in [5, 5.41) is 8.47. The van der Waals surface area contributed by atoms with Gasteiger partial charge in [0.1, 0.15) is 0 Å². The lowest BCUT2D eigenvalue weighted by atomic mass is 10.1. The van der Waals surface area contributed by atoms with Crippen molar-refractivity contribution in [2.75, 3.05) is 0 Å². The van der Waals surface area contributed by atoms with Crippen LogP contribution in [-0.2, 0) is 4.79 Å². The van der Waals surface area contributed by atoms with E-state index in [1.54, 1.807) is 0 Å². The van der Waals surface area contributed by atoms with E-state index in [0.29, 0.717) is 12.0 Å². The summed E-state index contributed by atoms with van der Waals surface area (Å²) < 4.78 is 0. The van der Waals surface area contributed by atoms with E-state index >= 15 is 0 Å². The van der Waals surface area contributed by atoms with Gasteiger partial charge in [-0.1, -0.05) is 19.6 Å². The molecule has 56 valence electrons. The molecule has 0 saturated heterocycles. The maximum atomic E-state index is 10.9. The molecule has 0 saturated carbocycles. The Hall–Kier alpha value is -1.05. The largest absolute Gasteiger partial charge is 0.515 e. The standard InChI is InChI=1S/C8H12O2/c1-3-5-8(10)7(4-2)6-9/h4,6,9H,2-3,5H2,1H3. The number of carbonyl (C=O) groups is 1. The minimum absolute atomic E-state index is 0.0556. The van der Waals surface area contributed by atoms with Gasteiger partial charge in [-0.3, -0.25) is 4.79 Å². The van der Waals surface area contributed by atoms with Crippen molar-refractivity contribution in [1.82, 2.24) is 0 Å². The first-order valence-corrected chi connectivity index (χ1v) is 3.26. The smallest absolute Gasteiger partial charge is 0.165 e. The zero-order chi connectivity index (χ0) is 7.98. The highest BCUT2D eigenvalue weighted by Gasteiger charge is 2.02. The lowest BCUT2D eigenvalue weighted by Crippen LogP contribution is -1.98. The molecular weight excluding hydrogens is 128 g/mol. The topological polar surface area (TPSA) is 37.3 Å². The predicted octanol–water partition coefficient (Wildman–Crippen LogP) is 1.98. The normalized spacial score (nSPS) is 11.1. The lowest BCUT2D eigenvalue weighted by molar-refractivity contribution is -0.115. The summed E-state index contributed by atoms with van der Waals surface area (Å²) in [6, 6.07) is 0. The SMILES string of the molecule is C=CC(=CO)C(=O)CCC. The van der Waals surface area contributed by atoms with Crippen molar-refractivity contribution in [1.29, 1.82) is 0 Å². The average molecular weight is 140 g/mol. The first kappa shape index (κ1) is 8.95. The van der Waals surface area contributed by atoms with Gasteiger partial charge >= 0.3 is 0 Å². The van der Waals surface area contributed by atoms with Crippen molar-refractivity contribution in [2.45, 2.75) is 19.8 Å². The Morgan fingerprint density at radius 3 is 2.60 bits per heavy atom. The maximum Gasteiger partial charge on any atom is 0.165 e. The van der Waals surface area contributed by atoms with E-state index in [2.05, 4.69) is 6.58 Å². The second-order valence-corrected chi connectivity index (χ2v) is 1.96. The Balaban J connectivity index is 4.04. The fourth-order valence-corrected chi connectivity index (χ4v) is 0.610. The average Bonchev–Trinajstić information content (AvgIpc) is 1.91. The van der Waals surface area contributed by atoms with Crippen molar-refractivity contribution < 1.29 is 9.90 Å². The molecule has 0 aromatic heterocycles. The molecule has 0 aromatic carbocycles. The van der Waals surface area contributed by atoms with Crippen LogP contribution in [-0.4, -0.2) is 10.9 Å². The van der Waals surface area contributed by atoms with Gasteiger partial charge in [-0.15, -0.1) is 0 Å². The highest BCUT2D eigenvalue weighted by Crippen LogP contribution is 2.01. The van der Waals surface area contributed by atoms with Crippen LogP contribution in [0, 0.1) is 0 Å². The predicted molar refractivity (Wildman–Crippen MR) is 40.8 cm³/mol. The Morgan fingerprint density at radius 2 is 2.30 bits per heavy atom. The van der Waals surface area contributed by atoms with Gasteiger partial charge in [0.25, 0.3) is 0 Å². The van der Waals surface area contributed by atoms with E-state index in [4.69, 9.17) is 5.11 Å². The van der Waals surface area contributed by atoms with Crippen LogP contribution in [0.4, 0.5) is 0 Å². The third kappa shape index (κ3) is 2.49. The first-order chi connectivity index (χ1) is 4.76. The third-order valence-electron chi connectivity index (χ3n) is 1.16. The zero-order valence-electron chi connectivity index (χ0n) is 6.13. The van der Waals surface area contributed by atoms with E-state index in [9.17, 15) is 4.79 Å². The molecule has 0 bridgehead atoms. The summed E-state index contributed by atoms with van der Waals surface area (Å²) >= 11 is 0. The van der Waals surface area contributed by atoms with Crippen LogP contribution in [0.1, 0.15) is 19.8 Å². The van der Waals surface area contributed by atoms with Crippen molar-refractivity contribution in [2.24, 2.45) is 0 Å². The molecule has 0 atom stereocenters. The van der Waals surface area contributed by atoms with Crippen LogP contribution >= 0.6 is 0 Å². The number of rotatable bonds is 4. The van der Waals surface area contributed by atoms with E-state index in [-0.39, 0.29) is 5.78 Å². The number of carbonyl (C=O) groups excluding carboxylic acids is 1. The molecular formula is C8H12O2. The van der Waals surface area contributed by atoms with Gasteiger partial charge in [0.2, 0.25) is 0 Å². The Labute approximate surface area is 60.9 Å². The summed E-state index contributed by atoms with van der Waals surface area (Å²) in [4.78, 5) is 10.9. The van der Waals surface area contributed by atoms with E-state index in [1.807, 2.05) is 6.92 Å². The number of ketones is 1. The second kappa shape index (κ2) is 4.79. The van der Waals surface area contributed by atoms with Gasteiger partial charge in [-0.05, 0) is 6.42 Å². The Bertz CT molecular complexity index is 157. The molecule has 0 aliphatic rings. The maximum absolute atomic E-state index is 10.9. The van der Waals surface area contributed by atoms with Crippen LogP contribution < -0.4 is 0 Å². The molecule has 2 nitrogen and oxygen atoms in total. The zero-order valence-corrected chi connectivity index (χ0v) is 6.13. The fourth-order valence-electron chi connectivity index (χ4n) is 0.610. The quantitative estimate of drug-likeness (QED) is 0.368. The van der Waals surface area contributed by atoms with Crippen molar-refractivity contribution in [3.63, 3.8) is 0 Å². The molecule has 10 heavy (non-hydrogen) atoms. The fraction of sp³-hybridized carbons (Fsp3) is 0.375. The van der Waals surface area contributed by atoms with Crippen molar-refractivity contribution in [3.8, 4) is 0 Å². The molecule has 0 unspecified atom stereocenters. The van der Waals surface area contributed by atoms with Gasteiger partial charge in [-0.2, -0.15) is 0 Å². The van der Waals surface area contributed by atoms with Crippen LogP contribution in [0.5, 0.6) is 0 Å². The summed E-state index contributed by atoms with van der Waals surface area (Å²) in [6.07, 6.45) is 3.42. The lowest BCUT2D eigenvalue weighted by Gasteiger charge is -1.95. The number of aliphatic hydroxyl groups excluding tert-OH is 1. The molecule has 0 amide bonds. The summed E-state index contributed by atoms with van der Waals surface area (Å²) in [7, 11) is 0. The van der Waals surface area contributed by atoms with Gasteiger partial charge < -0.3 is 5.11 Å². The van der Waals surface area contributed by atoms with Crippen LogP contribution in [0.15, 0.2) is 24.5 Å². The molecule has 2 heteroatoms. The molecule has 0 aromatic rings. The van der Waals surface area contributed by atoms with Gasteiger partial charge in [0.05, 0.1) is 11.8 Å². The van der Waals surface area contributed by atoms with E-state index in [1.165, 1.54) is 6.08 Å². The van der Waals surface area contributed by atoms with Crippen molar-refractivity contribution >= 4 is 5.78 Å². The molecule has 0 aliphatic carbocycles. The minimum atomic E-state index is -0.0556. The summed E-state index contributed by atoms with van der Waals surface area (Å²) in [6.45, 7) is 5.30. The molecule has 0 heterocycles. The van der Waals surface area contributed by atoms with Crippen LogP contribution in [0.2, 0.25) is 0 Å². The van der Waals surface area contributed by atoms with E-state index in [0.717, 1.165) is 12.7 Å². The number of Topliss-reactive ketones (excluding diaryl/α,β-unsaturated/α-hetero) is 1. The van der Waals surface area contributed by atoms with Gasteiger partial charge in [-0.25, -0.2) is 0 Å². The molecule has 0 fully saturated rings. The summed E-state index contributed by atoms with van der Waals surface area (Å²) in [5.41, 5.74) is 0.293. The van der Waals surface area contributed by atoms with Crippen LogP contribution in [0.3, 0.4) is 0 Å². The third-order valence-corrected chi connectivity index (χ3v) is 1.16. The van der Waals surface area contributed by atoms with Crippen molar-refractivity contribution in [3.05, 3.63) is 24.5 Å². The highest BCUT2D eigenvalue weighted by molar-refractivity contribution is 5.97. The van der Waals surface area contributed by atoms with Crippen LogP contribution in [0.25, 0.3) is 0 Å². The van der Waals surface area contributed by atoms with Gasteiger partial charge in [0.15, 0.2) is 5.78 Å². The monoisotopic (exact) mass is 140 g/mol. The minimum Gasteiger partial charge on any atom is -0.515 e. The Morgan fingerprint density at radius 1 is 1.70 bits per heavy atom. The number of hydrogen-bond donors (Lipinski definition) is 1. The van der Waals surface area contributed by atoms with Gasteiger partial charge in [0, 0.05) is 6.42 Å². The Kier molecular flexibility index (Phi) is 4.29. The number of allylic oxidation sites excluding steroid dienone is 2. The number of hydrogen-bond acceptors (Lipinski definition) is 2. The molecule has 0 radical (unpaired) electrons. The molecule has 0 aliphatic heterocycles. The first-order valence-electron chi connectivity index (χ1n) is 3.26. The second-order valence-electron chi connectivity index (χ2n) is 1.96. The summed E-state index contributed by atoms with van der Waals surface area (Å²) in [5.74, 6) is -0.0556. The molecule has 0 spiro atoms.